The largest absolute Gasteiger partial charge is 0.456 e. The van der Waals surface area contributed by atoms with Gasteiger partial charge in [-0.15, -0.1) is 0 Å². The third-order valence-corrected chi connectivity index (χ3v) is 13.9. The van der Waals surface area contributed by atoms with Crippen LogP contribution in [0.2, 0.25) is 0 Å². The molecule has 4 aromatic carbocycles. The number of hydrogen-bond acceptors (Lipinski definition) is 11. The van der Waals surface area contributed by atoms with E-state index in [-0.39, 0.29) is 85.6 Å². The fraction of sp³-hybridized carbons (Fsp3) is 0.327. The third kappa shape index (κ3) is 11.1. The summed E-state index contributed by atoms with van der Waals surface area (Å²) in [5, 5.41) is 8.56. The Labute approximate surface area is 396 Å². The van der Waals surface area contributed by atoms with Crippen molar-refractivity contribution >= 4 is 81.6 Å². The maximum atomic E-state index is 13.4. The Bertz CT molecular complexity index is 3470. The molecule has 0 spiro atoms. The second-order valence-corrected chi connectivity index (χ2v) is 23.8. The van der Waals surface area contributed by atoms with Crippen molar-refractivity contribution in [2.75, 3.05) is 16.0 Å². The number of amides is 2. The molecule has 362 valence electrons. The van der Waals surface area contributed by atoms with Gasteiger partial charge in [-0.05, 0) is 104 Å². The summed E-state index contributed by atoms with van der Waals surface area (Å²) >= 11 is 0. The minimum absolute atomic E-state index is 0.120. The van der Waals surface area contributed by atoms with E-state index >= 15 is 0 Å². The Hall–Kier alpha value is -5.96. The van der Waals surface area contributed by atoms with E-state index in [9.17, 15) is 48.5 Å². The summed E-state index contributed by atoms with van der Waals surface area (Å²) in [5.74, 6) is -0.638. The summed E-state index contributed by atoms with van der Waals surface area (Å²) in [6.45, 7) is 22.1. The fourth-order valence-corrected chi connectivity index (χ4v) is 10.4. The van der Waals surface area contributed by atoms with Crippen molar-refractivity contribution in [1.29, 1.82) is 0 Å². The second-order valence-electron chi connectivity index (χ2n) is 19.6. The van der Waals surface area contributed by atoms with Crippen LogP contribution in [0.5, 0.6) is 0 Å². The predicted molar refractivity (Wildman–Crippen MR) is 263 cm³/mol. The van der Waals surface area contributed by atoms with Gasteiger partial charge in [0.2, 0.25) is 11.8 Å². The Morgan fingerprint density at radius 3 is 1.62 bits per heavy atom. The number of anilines is 4. The van der Waals surface area contributed by atoms with Crippen molar-refractivity contribution in [3.8, 4) is 22.5 Å². The molecular weight excluding hydrogens is 933 g/mol. The molecular formula is C49H56N4O12S3. The highest BCUT2D eigenvalue weighted by molar-refractivity contribution is 7.86. The standard InChI is InChI=1S/C49H56N4O12S3/c1-25-17-27(3)46(52-41(54)23-48(7,8)9)29(5)44(25)50-34-21-36-32(19-39(34)67(59,60)61)43(31-15-13-14-16-38(31)66(56,57)58)33-20-40(68(62,63)64)35(22-37(33)65-36)51-45-26(2)18-28(4)47(30(45)6)53-42(55)24-49(10,11)12/h13-22,50H,23-24H2,1-12H3,(H,52,54)(H,53,55)(H,56,57,58)(H,59,60,61)(H,62,63,64)/b51-35+. The Balaban J connectivity index is 1.72. The number of benzene rings is 5. The molecule has 0 saturated carbocycles. The van der Waals surface area contributed by atoms with Gasteiger partial charge in [-0.3, -0.25) is 23.2 Å². The van der Waals surface area contributed by atoms with E-state index in [1.165, 1.54) is 30.3 Å². The maximum absolute atomic E-state index is 13.4. The first-order valence-electron chi connectivity index (χ1n) is 21.4. The van der Waals surface area contributed by atoms with Crippen LogP contribution >= 0.6 is 0 Å². The van der Waals surface area contributed by atoms with E-state index < -0.39 is 45.0 Å². The molecule has 0 atom stereocenters. The SMILES string of the molecule is Cc1cc(C)c(NC(=O)CC(C)(C)C)c(C)c1/N=c1\cc2oc3cc(Nc4c(C)cc(C)c(NC(=O)CC(C)(C)C)c4C)c(S(=O)(=O)O)cc3c(-c3ccccc3S(=O)(=O)O)c-2cc1S(=O)(=O)O. The molecule has 2 aliphatic rings. The zero-order valence-electron chi connectivity index (χ0n) is 39.9. The topological polar surface area (TPSA) is 259 Å². The van der Waals surface area contributed by atoms with Crippen LogP contribution < -0.4 is 21.3 Å². The highest BCUT2D eigenvalue weighted by Gasteiger charge is 2.30. The van der Waals surface area contributed by atoms with Crippen LogP contribution in [0, 0.1) is 52.4 Å². The lowest BCUT2D eigenvalue weighted by molar-refractivity contribution is -0.118. The first-order chi connectivity index (χ1) is 31.1. The molecule has 0 saturated heterocycles. The van der Waals surface area contributed by atoms with Crippen LogP contribution in [0.25, 0.3) is 33.4 Å². The number of nitrogens with one attached hydrogen (secondary N) is 3. The zero-order valence-corrected chi connectivity index (χ0v) is 42.3. The van der Waals surface area contributed by atoms with Gasteiger partial charge in [-0.2, -0.15) is 25.3 Å². The van der Waals surface area contributed by atoms with Crippen LogP contribution in [-0.2, 0) is 39.9 Å². The lowest BCUT2D eigenvalue weighted by atomic mass is 9.91. The molecule has 16 nitrogen and oxygen atoms in total. The Kier molecular flexibility index (Phi) is 13.7. The van der Waals surface area contributed by atoms with E-state index in [0.717, 1.165) is 23.8 Å². The average molecular weight is 989 g/mol. The van der Waals surface area contributed by atoms with Gasteiger partial charge in [0.05, 0.1) is 16.7 Å². The lowest BCUT2D eigenvalue weighted by Crippen LogP contribution is -2.21. The van der Waals surface area contributed by atoms with Crippen LogP contribution in [0.3, 0.4) is 0 Å². The summed E-state index contributed by atoms with van der Waals surface area (Å²) in [6, 6.07) is 13.1. The summed E-state index contributed by atoms with van der Waals surface area (Å²) in [6.07, 6.45) is 0.410. The van der Waals surface area contributed by atoms with Crippen molar-refractivity contribution < 1.29 is 52.9 Å². The van der Waals surface area contributed by atoms with Crippen LogP contribution in [0.15, 0.2) is 84.8 Å². The number of carbonyl (C=O) groups excluding carboxylic acids is 2. The smallest absolute Gasteiger partial charge is 0.296 e. The number of nitrogens with zero attached hydrogens (tertiary/aromatic N) is 1. The minimum Gasteiger partial charge on any atom is -0.456 e. The zero-order chi connectivity index (χ0) is 50.8. The number of carbonyl (C=O) groups is 2. The van der Waals surface area contributed by atoms with Crippen molar-refractivity contribution in [2.24, 2.45) is 15.8 Å². The van der Waals surface area contributed by atoms with Gasteiger partial charge in [0.25, 0.3) is 30.4 Å². The minimum atomic E-state index is -5.17. The van der Waals surface area contributed by atoms with Crippen LogP contribution in [0.4, 0.5) is 28.4 Å². The van der Waals surface area contributed by atoms with Gasteiger partial charge in [0.1, 0.15) is 26.0 Å². The highest BCUT2D eigenvalue weighted by Crippen LogP contribution is 2.46. The molecule has 4 aromatic rings. The molecule has 2 amide bonds. The summed E-state index contributed by atoms with van der Waals surface area (Å²) in [7, 11) is -15.3. The third-order valence-electron chi connectivity index (χ3n) is 11.2. The van der Waals surface area contributed by atoms with Gasteiger partial charge in [0.15, 0.2) is 0 Å². The van der Waals surface area contributed by atoms with Gasteiger partial charge >= 0.3 is 0 Å². The Morgan fingerprint density at radius 1 is 0.588 bits per heavy atom. The number of aryl methyl sites for hydroxylation is 4. The quantitative estimate of drug-likeness (QED) is 0.0522. The monoisotopic (exact) mass is 988 g/mol. The molecule has 0 bridgehead atoms. The number of hydrogen-bond donors (Lipinski definition) is 6. The van der Waals surface area contributed by atoms with Crippen molar-refractivity contribution in [1.82, 2.24) is 0 Å². The molecule has 0 fully saturated rings. The molecule has 6 N–H and O–H groups in total. The van der Waals surface area contributed by atoms with Crippen LogP contribution in [0.1, 0.15) is 87.8 Å². The molecule has 1 aliphatic heterocycles. The van der Waals surface area contributed by atoms with Gasteiger partial charge in [-0.25, -0.2) is 4.99 Å². The molecule has 6 rings (SSSR count). The summed E-state index contributed by atoms with van der Waals surface area (Å²) in [5.41, 5.74) is 3.70. The Morgan fingerprint density at radius 2 is 1.09 bits per heavy atom. The fourth-order valence-electron chi connectivity index (χ4n) is 8.42. The van der Waals surface area contributed by atoms with Crippen molar-refractivity contribution in [2.45, 2.75) is 111 Å². The molecule has 0 radical (unpaired) electrons. The molecule has 1 aliphatic carbocycles. The number of fused-ring (bicyclic) bond motifs is 2. The second kappa shape index (κ2) is 18.2. The molecule has 1 heterocycles. The van der Waals surface area contributed by atoms with E-state index in [1.54, 1.807) is 46.8 Å². The molecule has 19 heteroatoms. The number of rotatable bonds is 11. The van der Waals surface area contributed by atoms with E-state index in [4.69, 9.17) is 9.41 Å². The molecule has 0 aromatic heterocycles. The van der Waals surface area contributed by atoms with Crippen molar-refractivity contribution in [3.63, 3.8) is 0 Å². The van der Waals surface area contributed by atoms with Gasteiger partial charge < -0.3 is 20.4 Å². The summed E-state index contributed by atoms with van der Waals surface area (Å²) in [4.78, 5) is 28.9. The van der Waals surface area contributed by atoms with Crippen molar-refractivity contribution in [3.05, 3.63) is 99.4 Å². The van der Waals surface area contributed by atoms with E-state index in [2.05, 4.69) is 16.0 Å². The molecule has 68 heavy (non-hydrogen) atoms. The average Bonchev–Trinajstić information content (AvgIpc) is 3.17. The first-order valence-corrected chi connectivity index (χ1v) is 25.7. The van der Waals surface area contributed by atoms with Gasteiger partial charge in [-0.1, -0.05) is 71.9 Å². The van der Waals surface area contributed by atoms with E-state index in [1.807, 2.05) is 48.5 Å². The normalized spacial score (nSPS) is 13.0. The summed E-state index contributed by atoms with van der Waals surface area (Å²) < 4.78 is 118. The predicted octanol–water partition coefficient (Wildman–Crippen LogP) is 10.5. The van der Waals surface area contributed by atoms with E-state index in [0.29, 0.717) is 44.9 Å². The highest BCUT2D eigenvalue weighted by atomic mass is 32.2. The molecule has 0 unspecified atom stereocenters. The maximum Gasteiger partial charge on any atom is 0.296 e. The van der Waals surface area contributed by atoms with Crippen LogP contribution in [-0.4, -0.2) is 50.7 Å². The van der Waals surface area contributed by atoms with Gasteiger partial charge in [0, 0.05) is 64.1 Å². The lowest BCUT2D eigenvalue weighted by Gasteiger charge is -2.23. The first kappa shape index (κ1) is 51.4.